The van der Waals surface area contributed by atoms with E-state index in [9.17, 15) is 0 Å². The van der Waals surface area contributed by atoms with Gasteiger partial charge in [-0.3, -0.25) is 4.99 Å². The smallest absolute Gasteiger partial charge is 0.0900 e. The van der Waals surface area contributed by atoms with Crippen LogP contribution in [0.1, 0.15) is 0 Å². The minimum Gasteiger partial charge on any atom is -0.378 e. The molecule has 0 aromatic heterocycles. The number of fused-ring (bicyclic) bond motifs is 2. The molecule has 3 aromatic rings. The van der Waals surface area contributed by atoms with Crippen molar-refractivity contribution in [2.75, 3.05) is 44.8 Å². The molecule has 0 fully saturated rings. The number of nitrogens with two attached hydrogens (primary N) is 1. The summed E-state index contributed by atoms with van der Waals surface area (Å²) in [4.78, 5) is 9.88. The number of halogens is 2. The summed E-state index contributed by atoms with van der Waals surface area (Å²) in [5.74, 6) is 0. The van der Waals surface area contributed by atoms with Gasteiger partial charge in [0.1, 0.15) is 0 Å². The number of benzene rings is 4. The van der Waals surface area contributed by atoms with E-state index in [0.717, 1.165) is 44.8 Å². The lowest BCUT2D eigenvalue weighted by molar-refractivity contribution is 0.0538. The van der Waals surface area contributed by atoms with Crippen molar-refractivity contribution in [2.45, 2.75) is 0 Å². The van der Waals surface area contributed by atoms with Gasteiger partial charge in [-0.05, 0) is 72.8 Å². The number of hydrogen-bond acceptors (Lipinski definition) is 6. The van der Waals surface area contributed by atoms with E-state index in [0.29, 0.717) is 49.6 Å². The fourth-order valence-corrected chi connectivity index (χ4v) is 4.52. The third kappa shape index (κ3) is 6.76. The quantitative estimate of drug-likeness (QED) is 0.151. The second kappa shape index (κ2) is 13.1. The van der Waals surface area contributed by atoms with Crippen LogP contribution in [0.3, 0.4) is 0 Å². The number of nitrogens with zero attached hydrogens (tertiary/aromatic N) is 3. The highest BCUT2D eigenvalue weighted by Crippen LogP contribution is 2.31. The van der Waals surface area contributed by atoms with E-state index in [1.54, 1.807) is 0 Å². The lowest BCUT2D eigenvalue weighted by atomic mass is 10.1. The highest BCUT2D eigenvalue weighted by molar-refractivity contribution is 6.30. The van der Waals surface area contributed by atoms with Gasteiger partial charge >= 0.3 is 0 Å². The van der Waals surface area contributed by atoms with Crippen LogP contribution in [0.4, 0.5) is 11.4 Å². The Morgan fingerprint density at radius 1 is 0.821 bits per heavy atom. The largest absolute Gasteiger partial charge is 0.378 e. The maximum atomic E-state index is 6.21. The minimum absolute atomic E-state index is 0.470. The summed E-state index contributed by atoms with van der Waals surface area (Å²) >= 11 is 12.3. The van der Waals surface area contributed by atoms with Crippen molar-refractivity contribution in [1.29, 1.82) is 0 Å². The summed E-state index contributed by atoms with van der Waals surface area (Å²) in [6, 6.07) is 27.5. The SMILES string of the molecule is NCCOCCOCCN=c1cc2n(-c3ccc(Cl)cc3)c3ccccc3nc-2cc1Nc1ccc(Cl)cc1. The highest BCUT2D eigenvalue weighted by Gasteiger charge is 2.16. The van der Waals surface area contributed by atoms with Gasteiger partial charge in [0.05, 0.1) is 66.4 Å². The first kappa shape index (κ1) is 27.1. The molecule has 0 unspecified atom stereocenters. The average molecular weight is 563 g/mol. The van der Waals surface area contributed by atoms with Crippen molar-refractivity contribution in [3.63, 3.8) is 0 Å². The first-order valence-electron chi connectivity index (χ1n) is 12.7. The zero-order chi connectivity index (χ0) is 27.0. The Morgan fingerprint density at radius 2 is 1.51 bits per heavy atom. The number of nitrogens with one attached hydrogen (secondary N) is 1. The number of para-hydroxylation sites is 2. The van der Waals surface area contributed by atoms with Crippen molar-refractivity contribution in [2.24, 2.45) is 10.7 Å². The van der Waals surface area contributed by atoms with E-state index < -0.39 is 0 Å². The van der Waals surface area contributed by atoms with Crippen LogP contribution in [0.25, 0.3) is 28.1 Å². The van der Waals surface area contributed by atoms with Gasteiger partial charge in [-0.25, -0.2) is 4.98 Å². The fraction of sp³-hybridized carbons (Fsp3) is 0.200. The normalized spacial score (nSPS) is 11.9. The summed E-state index contributed by atoms with van der Waals surface area (Å²) < 4.78 is 13.3. The summed E-state index contributed by atoms with van der Waals surface area (Å²) in [6.07, 6.45) is 0. The van der Waals surface area contributed by atoms with Crippen LogP contribution in [0.5, 0.6) is 0 Å². The monoisotopic (exact) mass is 561 g/mol. The van der Waals surface area contributed by atoms with Crippen LogP contribution in [0.2, 0.25) is 10.0 Å². The summed E-state index contributed by atoms with van der Waals surface area (Å²) in [5, 5.41) is 5.64. The molecule has 0 saturated carbocycles. The standard InChI is InChI=1S/C30H29Cl2N5O2/c31-21-5-9-23(10-6-21)35-27-19-28-30(20-26(27)34-14-16-39-18-17-38-15-13-33)37(24-11-7-22(32)8-12-24)29-4-2-1-3-25(29)36-28/h1-12,19-20,35H,13-18,33H2. The lowest BCUT2D eigenvalue weighted by Crippen LogP contribution is -2.16. The Hall–Kier alpha value is -3.46. The topological polar surface area (TPSA) is 86.7 Å². The van der Waals surface area contributed by atoms with Gasteiger partial charge in [-0.2, -0.15) is 0 Å². The maximum Gasteiger partial charge on any atom is 0.0900 e. The summed E-state index contributed by atoms with van der Waals surface area (Å²) in [6.45, 7) is 2.99. The van der Waals surface area contributed by atoms with E-state index in [1.807, 2.05) is 72.8 Å². The fourth-order valence-electron chi connectivity index (χ4n) is 4.27. The number of aromatic nitrogens is 2. The van der Waals surface area contributed by atoms with Crippen LogP contribution in [0, 0.1) is 0 Å². The molecule has 1 heterocycles. The van der Waals surface area contributed by atoms with Crippen molar-refractivity contribution < 1.29 is 9.47 Å². The molecule has 5 rings (SSSR count). The minimum atomic E-state index is 0.470. The van der Waals surface area contributed by atoms with E-state index in [1.165, 1.54) is 0 Å². The summed E-state index contributed by atoms with van der Waals surface area (Å²) in [5.41, 5.74) is 11.8. The Labute approximate surface area is 237 Å². The molecular weight excluding hydrogens is 533 g/mol. The van der Waals surface area contributed by atoms with Gasteiger partial charge < -0.3 is 25.1 Å². The molecule has 39 heavy (non-hydrogen) atoms. The second-order valence-corrected chi connectivity index (χ2v) is 9.67. The zero-order valence-corrected chi connectivity index (χ0v) is 22.8. The molecule has 9 heteroatoms. The van der Waals surface area contributed by atoms with Gasteiger partial charge in [-0.15, -0.1) is 0 Å². The average Bonchev–Trinajstić information content (AvgIpc) is 2.95. The Kier molecular flexibility index (Phi) is 9.08. The van der Waals surface area contributed by atoms with E-state index >= 15 is 0 Å². The van der Waals surface area contributed by atoms with Crippen LogP contribution in [-0.2, 0) is 9.47 Å². The molecule has 1 aliphatic carbocycles. The maximum absolute atomic E-state index is 6.21. The van der Waals surface area contributed by atoms with Crippen molar-refractivity contribution in [3.8, 4) is 17.1 Å². The molecule has 0 spiro atoms. The zero-order valence-electron chi connectivity index (χ0n) is 21.3. The van der Waals surface area contributed by atoms with Crippen LogP contribution in [-0.4, -0.2) is 49.1 Å². The van der Waals surface area contributed by atoms with Gasteiger partial charge in [0.25, 0.3) is 0 Å². The van der Waals surface area contributed by atoms with Gasteiger partial charge in [0, 0.05) is 28.0 Å². The predicted molar refractivity (Wildman–Crippen MR) is 159 cm³/mol. The second-order valence-electron chi connectivity index (χ2n) is 8.80. The molecule has 0 bridgehead atoms. The molecule has 3 aromatic carbocycles. The molecule has 7 nitrogen and oxygen atoms in total. The molecular formula is C30H29Cl2N5O2. The van der Waals surface area contributed by atoms with Crippen molar-refractivity contribution in [1.82, 2.24) is 9.55 Å². The highest BCUT2D eigenvalue weighted by atomic mass is 35.5. The Bertz CT molecular complexity index is 1570. The molecule has 2 aliphatic rings. The Morgan fingerprint density at radius 3 is 2.26 bits per heavy atom. The van der Waals surface area contributed by atoms with Crippen molar-refractivity contribution in [3.05, 3.63) is 100 Å². The van der Waals surface area contributed by atoms with Crippen molar-refractivity contribution >= 4 is 45.6 Å². The molecule has 1 aliphatic heterocycles. The lowest BCUT2D eigenvalue weighted by Gasteiger charge is -2.20. The third-order valence-corrected chi connectivity index (χ3v) is 6.56. The molecule has 0 radical (unpaired) electrons. The molecule has 0 amide bonds. The number of ether oxygens (including phenoxy) is 2. The molecule has 0 saturated heterocycles. The van der Waals surface area contributed by atoms with Crippen LogP contribution < -0.4 is 16.4 Å². The van der Waals surface area contributed by atoms with Gasteiger partial charge in [0.2, 0.25) is 0 Å². The van der Waals surface area contributed by atoms with Crippen LogP contribution in [0.15, 0.2) is 89.9 Å². The van der Waals surface area contributed by atoms with Gasteiger partial charge in [0.15, 0.2) is 0 Å². The first-order chi connectivity index (χ1) is 19.1. The third-order valence-electron chi connectivity index (χ3n) is 6.06. The molecule has 3 N–H and O–H groups in total. The number of anilines is 2. The summed E-state index contributed by atoms with van der Waals surface area (Å²) in [7, 11) is 0. The molecule has 200 valence electrons. The number of hydrogen-bond donors (Lipinski definition) is 2. The van der Waals surface area contributed by atoms with Gasteiger partial charge in [-0.1, -0.05) is 35.3 Å². The number of rotatable bonds is 11. The van der Waals surface area contributed by atoms with E-state index in [-0.39, 0.29) is 0 Å². The first-order valence-corrected chi connectivity index (χ1v) is 13.5. The Balaban J connectivity index is 1.58. The van der Waals surface area contributed by atoms with E-state index in [4.69, 9.17) is 48.4 Å². The van der Waals surface area contributed by atoms with Crippen LogP contribution >= 0.6 is 23.2 Å². The predicted octanol–water partition coefficient (Wildman–Crippen LogP) is 6.07. The van der Waals surface area contributed by atoms with E-state index in [2.05, 4.69) is 22.0 Å². The molecule has 0 atom stereocenters.